The Kier molecular flexibility index (Phi) is 5.94. The Morgan fingerprint density at radius 2 is 1.88 bits per heavy atom. The zero-order valence-electron chi connectivity index (χ0n) is 14.7. The maximum atomic E-state index is 12.4. The van der Waals surface area contributed by atoms with E-state index in [4.69, 9.17) is 9.47 Å². The highest BCUT2D eigenvalue weighted by molar-refractivity contribution is 5.96. The van der Waals surface area contributed by atoms with Crippen molar-refractivity contribution < 1.29 is 14.3 Å². The van der Waals surface area contributed by atoms with Gasteiger partial charge >= 0.3 is 0 Å². The van der Waals surface area contributed by atoms with Crippen LogP contribution in [0.2, 0.25) is 0 Å². The van der Waals surface area contributed by atoms with Crippen LogP contribution in [0, 0.1) is 0 Å². The van der Waals surface area contributed by atoms with Crippen LogP contribution in [0.25, 0.3) is 0 Å². The lowest BCUT2D eigenvalue weighted by Gasteiger charge is -2.27. The van der Waals surface area contributed by atoms with E-state index in [2.05, 4.69) is 17.4 Å². The van der Waals surface area contributed by atoms with Crippen molar-refractivity contribution in [3.05, 3.63) is 59.7 Å². The molecule has 2 aromatic rings. The summed E-state index contributed by atoms with van der Waals surface area (Å²) in [4.78, 5) is 12.4. The molecule has 0 spiro atoms. The third-order valence-corrected chi connectivity index (χ3v) is 4.56. The fourth-order valence-electron chi connectivity index (χ4n) is 2.81. The zero-order valence-corrected chi connectivity index (χ0v) is 14.7. The van der Waals surface area contributed by atoms with Gasteiger partial charge in [0.2, 0.25) is 0 Å². The molecular weight excluding hydrogens is 314 g/mol. The molecule has 1 fully saturated rings. The minimum Gasteiger partial charge on any atom is -0.497 e. The lowest BCUT2D eigenvalue weighted by Crippen LogP contribution is -2.28. The topological polar surface area (TPSA) is 47.6 Å². The maximum absolute atomic E-state index is 12.4. The number of nitrogens with one attached hydrogen (secondary N) is 1. The third kappa shape index (κ3) is 4.75. The predicted molar refractivity (Wildman–Crippen MR) is 98.4 cm³/mol. The molecule has 1 aliphatic rings. The largest absolute Gasteiger partial charge is 0.497 e. The van der Waals surface area contributed by atoms with Crippen molar-refractivity contribution in [2.24, 2.45) is 0 Å². The molecule has 1 amide bonds. The Morgan fingerprint density at radius 3 is 2.56 bits per heavy atom. The summed E-state index contributed by atoms with van der Waals surface area (Å²) in [6.45, 7) is 0.641. The minimum atomic E-state index is -0.0651. The summed E-state index contributed by atoms with van der Waals surface area (Å²) in [5.74, 6) is 1.49. The summed E-state index contributed by atoms with van der Waals surface area (Å²) in [6, 6.07) is 15.5. The Morgan fingerprint density at radius 1 is 1.12 bits per heavy atom. The Hall–Kier alpha value is -2.49. The van der Waals surface area contributed by atoms with Gasteiger partial charge in [0.05, 0.1) is 18.8 Å². The number of rotatable bonds is 8. The van der Waals surface area contributed by atoms with Crippen molar-refractivity contribution in [3.8, 4) is 11.5 Å². The molecule has 2 aromatic carbocycles. The van der Waals surface area contributed by atoms with Gasteiger partial charge in [0, 0.05) is 6.54 Å². The summed E-state index contributed by atoms with van der Waals surface area (Å²) in [7, 11) is 1.66. The molecule has 1 saturated carbocycles. The molecule has 1 aliphatic carbocycles. The predicted octanol–water partition coefficient (Wildman–Crippen LogP) is 3.99. The highest BCUT2D eigenvalue weighted by Gasteiger charge is 2.21. The average Bonchev–Trinajstić information content (AvgIpc) is 2.62. The van der Waals surface area contributed by atoms with Crippen molar-refractivity contribution in [3.63, 3.8) is 0 Å². The number of hydrogen-bond acceptors (Lipinski definition) is 3. The van der Waals surface area contributed by atoms with Crippen LogP contribution in [-0.2, 0) is 6.42 Å². The first kappa shape index (κ1) is 17.3. The second-order valence-corrected chi connectivity index (χ2v) is 6.37. The first-order valence-corrected chi connectivity index (χ1v) is 8.93. The van der Waals surface area contributed by atoms with Crippen molar-refractivity contribution >= 4 is 5.91 Å². The smallest absolute Gasteiger partial charge is 0.255 e. The second kappa shape index (κ2) is 8.56. The van der Waals surface area contributed by atoms with Crippen molar-refractivity contribution in [2.45, 2.75) is 38.2 Å². The molecule has 4 nitrogen and oxygen atoms in total. The van der Waals surface area contributed by atoms with E-state index >= 15 is 0 Å². The van der Waals surface area contributed by atoms with Crippen LogP contribution in [0.4, 0.5) is 0 Å². The average molecular weight is 339 g/mol. The molecule has 0 atom stereocenters. The number of hydrogen-bond donors (Lipinski definition) is 1. The summed E-state index contributed by atoms with van der Waals surface area (Å²) in [5, 5.41) is 3.00. The van der Waals surface area contributed by atoms with Crippen LogP contribution in [0.3, 0.4) is 0 Å². The molecule has 0 aromatic heterocycles. The Balaban J connectivity index is 1.47. The molecule has 0 saturated heterocycles. The quantitative estimate of drug-likeness (QED) is 0.740. The van der Waals surface area contributed by atoms with Crippen LogP contribution in [0.5, 0.6) is 11.5 Å². The number of benzene rings is 2. The summed E-state index contributed by atoms with van der Waals surface area (Å²) in [5.41, 5.74) is 1.86. The van der Waals surface area contributed by atoms with Gasteiger partial charge in [-0.2, -0.15) is 0 Å². The number of methoxy groups -OCH3 is 1. The lowest BCUT2D eigenvalue weighted by molar-refractivity contribution is 0.0927. The normalized spacial score (nSPS) is 13.8. The van der Waals surface area contributed by atoms with Crippen LogP contribution in [-0.4, -0.2) is 25.7 Å². The molecule has 3 rings (SSSR count). The number of ether oxygens (including phenoxy) is 2. The van der Waals surface area contributed by atoms with E-state index in [0.717, 1.165) is 31.4 Å². The molecule has 4 heteroatoms. The minimum absolute atomic E-state index is 0.0651. The Labute approximate surface area is 149 Å². The number of carbonyl (C=O) groups excluding carboxylic acids is 1. The van der Waals surface area contributed by atoms with Crippen molar-refractivity contribution in [1.29, 1.82) is 0 Å². The SMILES string of the molecule is COc1ccc(CCCNC(=O)c2ccccc2OC2CCC2)cc1. The molecule has 0 aliphatic heterocycles. The highest BCUT2D eigenvalue weighted by atomic mass is 16.5. The van der Waals surface area contributed by atoms with E-state index < -0.39 is 0 Å². The number of carbonyl (C=O) groups is 1. The zero-order chi connectivity index (χ0) is 17.5. The molecule has 0 heterocycles. The fourth-order valence-corrected chi connectivity index (χ4v) is 2.81. The summed E-state index contributed by atoms with van der Waals surface area (Å²) >= 11 is 0. The van der Waals surface area contributed by atoms with Crippen LogP contribution < -0.4 is 14.8 Å². The number of aryl methyl sites for hydroxylation is 1. The Bertz CT molecular complexity index is 693. The van der Waals surface area contributed by atoms with Gasteiger partial charge in [-0.15, -0.1) is 0 Å². The van der Waals surface area contributed by atoms with E-state index in [0.29, 0.717) is 17.9 Å². The molecular formula is C21H25NO3. The van der Waals surface area contributed by atoms with E-state index in [9.17, 15) is 4.79 Å². The third-order valence-electron chi connectivity index (χ3n) is 4.56. The molecule has 132 valence electrons. The van der Waals surface area contributed by atoms with Gasteiger partial charge in [0.1, 0.15) is 11.5 Å². The van der Waals surface area contributed by atoms with Crippen LogP contribution in [0.1, 0.15) is 41.6 Å². The lowest BCUT2D eigenvalue weighted by atomic mass is 9.96. The van der Waals surface area contributed by atoms with Crippen molar-refractivity contribution in [1.82, 2.24) is 5.32 Å². The number of amides is 1. The highest BCUT2D eigenvalue weighted by Crippen LogP contribution is 2.27. The monoisotopic (exact) mass is 339 g/mol. The molecule has 0 radical (unpaired) electrons. The van der Waals surface area contributed by atoms with Gasteiger partial charge in [-0.3, -0.25) is 4.79 Å². The van der Waals surface area contributed by atoms with Gasteiger partial charge in [0.25, 0.3) is 5.91 Å². The molecule has 0 unspecified atom stereocenters. The van der Waals surface area contributed by atoms with E-state index in [-0.39, 0.29) is 12.0 Å². The number of para-hydroxylation sites is 1. The van der Waals surface area contributed by atoms with Crippen molar-refractivity contribution in [2.75, 3.05) is 13.7 Å². The first-order chi connectivity index (χ1) is 12.3. The molecule has 0 bridgehead atoms. The summed E-state index contributed by atoms with van der Waals surface area (Å²) in [6.07, 6.45) is 5.46. The standard InChI is InChI=1S/C21H25NO3/c1-24-17-13-11-16(12-14-17)6-5-15-22-21(23)19-9-2-3-10-20(19)25-18-7-4-8-18/h2-3,9-14,18H,4-8,15H2,1H3,(H,22,23). The van der Waals surface area contributed by atoms with E-state index in [1.54, 1.807) is 7.11 Å². The van der Waals surface area contributed by atoms with E-state index in [1.165, 1.54) is 12.0 Å². The fraction of sp³-hybridized carbons (Fsp3) is 0.381. The molecule has 1 N–H and O–H groups in total. The van der Waals surface area contributed by atoms with Gasteiger partial charge in [0.15, 0.2) is 0 Å². The van der Waals surface area contributed by atoms with Gasteiger partial charge in [-0.05, 0) is 61.9 Å². The molecule has 25 heavy (non-hydrogen) atoms. The second-order valence-electron chi connectivity index (χ2n) is 6.37. The van der Waals surface area contributed by atoms with Gasteiger partial charge < -0.3 is 14.8 Å². The van der Waals surface area contributed by atoms with Crippen LogP contribution in [0.15, 0.2) is 48.5 Å². The maximum Gasteiger partial charge on any atom is 0.255 e. The van der Waals surface area contributed by atoms with Gasteiger partial charge in [-0.1, -0.05) is 24.3 Å². The first-order valence-electron chi connectivity index (χ1n) is 8.93. The van der Waals surface area contributed by atoms with Gasteiger partial charge in [-0.25, -0.2) is 0 Å². The summed E-state index contributed by atoms with van der Waals surface area (Å²) < 4.78 is 11.1. The van der Waals surface area contributed by atoms with Crippen LogP contribution >= 0.6 is 0 Å². The van der Waals surface area contributed by atoms with E-state index in [1.807, 2.05) is 36.4 Å².